The zero-order chi connectivity index (χ0) is 28.4. The van der Waals surface area contributed by atoms with Gasteiger partial charge < -0.3 is 42.2 Å². The van der Waals surface area contributed by atoms with Gasteiger partial charge >= 0.3 is 5.97 Å². The van der Waals surface area contributed by atoms with E-state index in [1.807, 2.05) is 0 Å². The average molecular weight is 544 g/mol. The van der Waals surface area contributed by atoms with Crippen LogP contribution in [0.2, 0.25) is 0 Å². The maximum Gasteiger partial charge on any atom is 0.326 e. The normalized spacial score (nSPS) is 17.0. The molecule has 9 N–H and O–H groups in total. The topological polar surface area (TPSA) is 229 Å². The molecular weight excluding hydrogens is 510 g/mol. The van der Waals surface area contributed by atoms with Crippen LogP contribution in [0, 0.1) is 0 Å². The predicted octanol–water partition coefficient (Wildman–Crippen LogP) is -1.54. The van der Waals surface area contributed by atoms with Gasteiger partial charge in [-0.15, -0.1) is 0 Å². The number of phenolic OH excluding ortho intramolecular Hbond substituents is 1. The summed E-state index contributed by atoms with van der Waals surface area (Å²) in [7, 11) is 0. The van der Waals surface area contributed by atoms with E-state index in [-0.39, 0.29) is 37.3 Å². The molecule has 1 aromatic carbocycles. The number of nitrogens with zero attached hydrogens (tertiary/aromatic N) is 1. The van der Waals surface area contributed by atoms with Crippen LogP contribution in [0.25, 0.3) is 0 Å². The van der Waals surface area contributed by atoms with E-state index >= 15 is 0 Å². The first kappa shape index (κ1) is 29.1. The van der Waals surface area contributed by atoms with E-state index in [2.05, 4.69) is 31.2 Å². The lowest BCUT2D eigenvalue weighted by molar-refractivity contribution is -0.142. The number of H-pyrrole nitrogens is 1. The summed E-state index contributed by atoms with van der Waals surface area (Å²) in [6.45, 7) is 0.685. The molecule has 1 aromatic heterocycles. The number of amides is 4. The van der Waals surface area contributed by atoms with Gasteiger partial charge in [-0.05, 0) is 43.5 Å². The summed E-state index contributed by atoms with van der Waals surface area (Å²) in [5, 5.41) is 29.9. The molecule has 2 aromatic rings. The molecule has 2 heterocycles. The van der Waals surface area contributed by atoms with E-state index in [9.17, 15) is 34.2 Å². The highest BCUT2D eigenvalue weighted by molar-refractivity contribution is 5.94. The van der Waals surface area contributed by atoms with Gasteiger partial charge in [0.15, 0.2) is 0 Å². The first-order chi connectivity index (χ1) is 18.6. The monoisotopic (exact) mass is 543 g/mol. The molecule has 3 rings (SSSR count). The average Bonchev–Trinajstić information content (AvgIpc) is 3.61. The van der Waals surface area contributed by atoms with Crippen molar-refractivity contribution in [2.45, 2.75) is 62.7 Å². The first-order valence-electron chi connectivity index (χ1n) is 12.5. The number of benzene rings is 1. The van der Waals surface area contributed by atoms with Crippen molar-refractivity contribution in [2.75, 3.05) is 6.54 Å². The van der Waals surface area contributed by atoms with Gasteiger partial charge in [-0.1, -0.05) is 12.1 Å². The molecule has 39 heavy (non-hydrogen) atoms. The predicted molar refractivity (Wildman–Crippen MR) is 137 cm³/mol. The number of nitrogens with two attached hydrogens (primary N) is 1. The van der Waals surface area contributed by atoms with Crippen LogP contribution < -0.4 is 27.0 Å². The van der Waals surface area contributed by atoms with Gasteiger partial charge in [-0.3, -0.25) is 19.2 Å². The van der Waals surface area contributed by atoms with Crippen LogP contribution in [-0.2, 0) is 36.8 Å². The van der Waals surface area contributed by atoms with E-state index in [4.69, 9.17) is 5.73 Å². The van der Waals surface area contributed by atoms with E-state index in [1.165, 1.54) is 24.7 Å². The number of aliphatic carboxylic acids is 1. The van der Waals surface area contributed by atoms with Crippen molar-refractivity contribution < 1.29 is 34.2 Å². The number of primary amides is 1. The number of aromatic amines is 1. The molecule has 1 fully saturated rings. The van der Waals surface area contributed by atoms with Crippen LogP contribution in [0.3, 0.4) is 0 Å². The maximum atomic E-state index is 13.4. The van der Waals surface area contributed by atoms with Gasteiger partial charge in [0.25, 0.3) is 0 Å². The minimum Gasteiger partial charge on any atom is -0.508 e. The van der Waals surface area contributed by atoms with Crippen molar-refractivity contribution in [1.82, 2.24) is 31.2 Å². The number of aromatic hydroxyl groups is 1. The van der Waals surface area contributed by atoms with Gasteiger partial charge in [0, 0.05) is 31.2 Å². The van der Waals surface area contributed by atoms with E-state index in [0.717, 1.165) is 6.42 Å². The van der Waals surface area contributed by atoms with Crippen molar-refractivity contribution in [2.24, 2.45) is 5.73 Å². The third-order valence-corrected chi connectivity index (χ3v) is 6.29. The molecule has 4 unspecified atom stereocenters. The smallest absolute Gasteiger partial charge is 0.326 e. The first-order valence-corrected chi connectivity index (χ1v) is 12.5. The second-order valence-electron chi connectivity index (χ2n) is 9.33. The summed E-state index contributed by atoms with van der Waals surface area (Å²) >= 11 is 0. The molecule has 0 bridgehead atoms. The molecule has 1 aliphatic heterocycles. The Morgan fingerprint density at radius 3 is 2.23 bits per heavy atom. The Hall–Kier alpha value is -4.46. The van der Waals surface area contributed by atoms with Crippen molar-refractivity contribution in [3.63, 3.8) is 0 Å². The molecule has 1 aliphatic rings. The van der Waals surface area contributed by atoms with Gasteiger partial charge in [-0.2, -0.15) is 0 Å². The second-order valence-corrected chi connectivity index (χ2v) is 9.33. The fourth-order valence-electron chi connectivity index (χ4n) is 4.17. The number of carbonyl (C=O) groups is 5. The largest absolute Gasteiger partial charge is 0.508 e. The zero-order valence-electron chi connectivity index (χ0n) is 21.2. The van der Waals surface area contributed by atoms with E-state index < -0.39 is 47.9 Å². The molecule has 0 aliphatic carbocycles. The summed E-state index contributed by atoms with van der Waals surface area (Å²) in [6, 6.07) is 1.75. The minimum atomic E-state index is -1.42. The van der Waals surface area contributed by atoms with Crippen LogP contribution in [-0.4, -0.2) is 80.5 Å². The van der Waals surface area contributed by atoms with Crippen LogP contribution >= 0.6 is 0 Å². The number of carboxylic acids is 1. The lowest BCUT2D eigenvalue weighted by atomic mass is 10.0. The Balaban J connectivity index is 1.80. The van der Waals surface area contributed by atoms with Crippen molar-refractivity contribution in [1.29, 1.82) is 0 Å². The summed E-state index contributed by atoms with van der Waals surface area (Å²) in [5.74, 6) is -3.92. The molecule has 14 heteroatoms. The highest BCUT2D eigenvalue weighted by Crippen LogP contribution is 2.13. The molecule has 4 amide bonds. The van der Waals surface area contributed by atoms with Crippen molar-refractivity contribution in [3.8, 4) is 5.75 Å². The standard InChI is InChI=1S/C25H33N7O7/c26-21(34)8-7-18(25(38)39)30-23(36)19(10-14-3-5-16(33)6-4-14)31-24(37)20(11-15-12-27-13-29-15)32-22(35)17-2-1-9-28-17/h3-6,12-13,17-20,28,33H,1-2,7-11H2,(H2,26,34)(H,27,29)(H,30,36)(H,31,37)(H,32,35)(H,38,39). The number of imidazole rings is 1. The summed E-state index contributed by atoms with van der Waals surface area (Å²) in [5.41, 5.74) is 6.26. The van der Waals surface area contributed by atoms with E-state index in [0.29, 0.717) is 24.2 Å². The quantitative estimate of drug-likeness (QED) is 0.138. The minimum absolute atomic E-state index is 0.00374. The Labute approximate surface area is 224 Å². The Kier molecular flexibility index (Phi) is 10.4. The molecule has 4 atom stereocenters. The summed E-state index contributed by atoms with van der Waals surface area (Å²) in [4.78, 5) is 69.1. The third kappa shape index (κ3) is 9.10. The molecular formula is C25H33N7O7. The number of rotatable bonds is 14. The van der Waals surface area contributed by atoms with Gasteiger partial charge in [-0.25, -0.2) is 9.78 Å². The number of carboxylic acid groups (broad SMARTS) is 1. The number of nitrogens with one attached hydrogen (secondary N) is 5. The highest BCUT2D eigenvalue weighted by atomic mass is 16.4. The van der Waals surface area contributed by atoms with Gasteiger partial charge in [0.2, 0.25) is 23.6 Å². The number of hydrogen-bond donors (Lipinski definition) is 8. The SMILES string of the molecule is NC(=O)CCC(NC(=O)C(Cc1ccc(O)cc1)NC(=O)C(Cc1cnc[nH]1)NC(=O)C1CCCN1)C(=O)O. The summed E-state index contributed by atoms with van der Waals surface area (Å²) in [6.07, 6.45) is 3.91. The Morgan fingerprint density at radius 2 is 1.67 bits per heavy atom. The molecule has 0 radical (unpaired) electrons. The van der Waals surface area contributed by atoms with Crippen LogP contribution in [0.1, 0.15) is 36.9 Å². The van der Waals surface area contributed by atoms with Gasteiger partial charge in [0.1, 0.15) is 23.9 Å². The molecule has 14 nitrogen and oxygen atoms in total. The Bertz CT molecular complexity index is 1150. The third-order valence-electron chi connectivity index (χ3n) is 6.29. The van der Waals surface area contributed by atoms with Crippen LogP contribution in [0.15, 0.2) is 36.8 Å². The highest BCUT2D eigenvalue weighted by Gasteiger charge is 2.32. The zero-order valence-corrected chi connectivity index (χ0v) is 21.2. The fourth-order valence-corrected chi connectivity index (χ4v) is 4.17. The number of phenols is 1. The van der Waals surface area contributed by atoms with E-state index in [1.54, 1.807) is 12.1 Å². The maximum absolute atomic E-state index is 13.4. The lowest BCUT2D eigenvalue weighted by Gasteiger charge is -2.25. The summed E-state index contributed by atoms with van der Waals surface area (Å²) < 4.78 is 0. The Morgan fingerprint density at radius 1 is 1.00 bits per heavy atom. The van der Waals surface area contributed by atoms with Crippen LogP contribution in [0.5, 0.6) is 5.75 Å². The number of hydrogen-bond acceptors (Lipinski definition) is 8. The molecule has 1 saturated heterocycles. The fraction of sp³-hybridized carbons (Fsp3) is 0.440. The molecule has 210 valence electrons. The number of aromatic nitrogens is 2. The van der Waals surface area contributed by atoms with Crippen LogP contribution in [0.4, 0.5) is 0 Å². The van der Waals surface area contributed by atoms with Crippen molar-refractivity contribution >= 4 is 29.6 Å². The van der Waals surface area contributed by atoms with Gasteiger partial charge in [0.05, 0.1) is 12.4 Å². The number of carbonyl (C=O) groups excluding carboxylic acids is 4. The molecule has 0 spiro atoms. The van der Waals surface area contributed by atoms with Crippen molar-refractivity contribution in [3.05, 3.63) is 48.0 Å². The molecule has 0 saturated carbocycles. The lowest BCUT2D eigenvalue weighted by Crippen LogP contribution is -2.58. The second kappa shape index (κ2) is 13.9.